The molecule has 0 aliphatic heterocycles. The zero-order valence-electron chi connectivity index (χ0n) is 10.3. The van der Waals surface area contributed by atoms with Gasteiger partial charge in [-0.05, 0) is 18.2 Å². The van der Waals surface area contributed by atoms with E-state index in [1.54, 1.807) is 19.2 Å². The number of rotatable bonds is 4. The minimum Gasteiger partial charge on any atom is -0.497 e. The van der Waals surface area contributed by atoms with Crippen LogP contribution in [0.15, 0.2) is 35.5 Å². The molecule has 0 atom stereocenters. The Labute approximate surface area is 118 Å². The molecule has 0 spiro atoms. The highest BCUT2D eigenvalue weighted by Gasteiger charge is 2.17. The lowest BCUT2D eigenvalue weighted by Crippen LogP contribution is -2.11. The summed E-state index contributed by atoms with van der Waals surface area (Å²) < 4.78 is 32.5. The fourth-order valence-corrected chi connectivity index (χ4v) is 3.67. The van der Waals surface area contributed by atoms with Crippen molar-refractivity contribution >= 4 is 36.7 Å². The molecule has 1 aromatic carbocycles. The van der Waals surface area contributed by atoms with Crippen LogP contribution in [0.2, 0.25) is 0 Å². The summed E-state index contributed by atoms with van der Waals surface area (Å²) in [5, 5.41) is 6.38. The lowest BCUT2D eigenvalue weighted by molar-refractivity contribution is 0.415. The predicted octanol–water partition coefficient (Wildman–Crippen LogP) is 1.83. The number of methoxy groups -OCH3 is 1. The zero-order valence-corrected chi connectivity index (χ0v) is 12.0. The van der Waals surface area contributed by atoms with Crippen LogP contribution in [0, 0.1) is 0 Å². The molecule has 2 aromatic heterocycles. The second kappa shape index (κ2) is 4.76. The third-order valence-corrected chi connectivity index (χ3v) is 4.97. The number of aromatic amines is 1. The summed E-state index contributed by atoms with van der Waals surface area (Å²) in [5.74, 6) is 0.699. The first kappa shape index (κ1) is 12.9. The molecule has 7 nitrogen and oxygen atoms in total. The number of sulfonamides is 1. The molecule has 0 aliphatic carbocycles. The van der Waals surface area contributed by atoms with Crippen LogP contribution in [0.1, 0.15) is 0 Å². The van der Waals surface area contributed by atoms with Crippen molar-refractivity contribution in [3.63, 3.8) is 0 Å². The summed E-state index contributed by atoms with van der Waals surface area (Å²) in [5.41, 5.74) is 0.709. The average Bonchev–Trinajstić information content (AvgIpc) is 3.06. The van der Waals surface area contributed by atoms with E-state index in [0.717, 1.165) is 4.70 Å². The molecule has 2 N–H and O–H groups in total. The lowest BCUT2D eigenvalue weighted by Gasteiger charge is -2.00. The molecule has 0 saturated heterocycles. The number of hydrogen-bond donors (Lipinski definition) is 2. The number of ether oxygens (including phenoxy) is 1. The molecule has 3 rings (SSSR count). The number of fused-ring (bicyclic) bond motifs is 1. The molecule has 0 unspecified atom stereocenters. The maximum atomic E-state index is 12.0. The van der Waals surface area contributed by atoms with E-state index in [4.69, 9.17) is 4.74 Å². The maximum absolute atomic E-state index is 12.0. The zero-order chi connectivity index (χ0) is 14.2. The van der Waals surface area contributed by atoms with Gasteiger partial charge in [0, 0.05) is 6.20 Å². The third-order valence-electron chi connectivity index (χ3n) is 2.60. The highest BCUT2D eigenvalue weighted by atomic mass is 32.2. The van der Waals surface area contributed by atoms with E-state index < -0.39 is 10.0 Å². The Kier molecular flexibility index (Phi) is 3.07. The predicted molar refractivity (Wildman–Crippen MR) is 75.6 cm³/mol. The average molecular weight is 310 g/mol. The Bertz CT molecular complexity index is 840. The van der Waals surface area contributed by atoms with Gasteiger partial charge >= 0.3 is 0 Å². The normalized spacial score (nSPS) is 11.7. The van der Waals surface area contributed by atoms with E-state index in [2.05, 4.69) is 19.9 Å². The molecular formula is C11H10N4O3S2. The van der Waals surface area contributed by atoms with Crippen LogP contribution in [0.25, 0.3) is 10.2 Å². The molecule has 0 radical (unpaired) electrons. The van der Waals surface area contributed by atoms with E-state index in [1.165, 1.54) is 23.7 Å². The Balaban J connectivity index is 1.95. The molecule has 0 fully saturated rings. The monoisotopic (exact) mass is 310 g/mol. The Morgan fingerprint density at radius 3 is 2.95 bits per heavy atom. The topological polar surface area (TPSA) is 97.0 Å². The van der Waals surface area contributed by atoms with Gasteiger partial charge in [0.05, 0.1) is 23.5 Å². The summed E-state index contributed by atoms with van der Waals surface area (Å²) in [6, 6.07) is 5.36. The smallest absolute Gasteiger partial charge is 0.266 e. The first-order chi connectivity index (χ1) is 9.58. The largest absolute Gasteiger partial charge is 0.497 e. The van der Waals surface area contributed by atoms with Crippen LogP contribution in [-0.4, -0.2) is 30.7 Å². The molecule has 0 saturated carbocycles. The standard InChI is InChI=1S/C11H10N4O3S2/c1-18-7-2-3-9-10(4-7)19-11(14-9)15-20(16,17)8-5-12-13-6-8/h2-6H,1H3,(H,12,13)(H,14,15). The quantitative estimate of drug-likeness (QED) is 0.766. The molecule has 0 aliphatic rings. The van der Waals surface area contributed by atoms with Gasteiger partial charge < -0.3 is 4.74 Å². The SMILES string of the molecule is COc1ccc2nc(NS(=O)(=O)c3cn[nH]c3)sc2c1. The molecule has 0 bridgehead atoms. The highest BCUT2D eigenvalue weighted by Crippen LogP contribution is 2.30. The number of hydrogen-bond acceptors (Lipinski definition) is 6. The van der Waals surface area contributed by atoms with E-state index >= 15 is 0 Å². The Hall–Kier alpha value is -2.13. The van der Waals surface area contributed by atoms with Gasteiger partial charge in [0.1, 0.15) is 10.6 Å². The van der Waals surface area contributed by atoms with Gasteiger partial charge in [-0.3, -0.25) is 9.82 Å². The van der Waals surface area contributed by atoms with Crippen LogP contribution in [0.3, 0.4) is 0 Å². The summed E-state index contributed by atoms with van der Waals surface area (Å²) in [7, 11) is -2.09. The van der Waals surface area contributed by atoms with E-state index in [9.17, 15) is 8.42 Å². The fourth-order valence-electron chi connectivity index (χ4n) is 1.64. The number of thiazole rings is 1. The van der Waals surface area contributed by atoms with E-state index in [0.29, 0.717) is 16.4 Å². The number of nitrogens with zero attached hydrogens (tertiary/aromatic N) is 2. The molecule has 20 heavy (non-hydrogen) atoms. The van der Waals surface area contributed by atoms with Gasteiger partial charge in [0.2, 0.25) is 0 Å². The highest BCUT2D eigenvalue weighted by molar-refractivity contribution is 7.93. The third kappa shape index (κ3) is 2.32. The fraction of sp³-hybridized carbons (Fsp3) is 0.0909. The van der Waals surface area contributed by atoms with Crippen molar-refractivity contribution in [1.82, 2.24) is 15.2 Å². The summed E-state index contributed by atoms with van der Waals surface area (Å²) in [6.07, 6.45) is 2.54. The summed E-state index contributed by atoms with van der Waals surface area (Å²) >= 11 is 1.24. The second-order valence-electron chi connectivity index (χ2n) is 3.89. The van der Waals surface area contributed by atoms with Crippen molar-refractivity contribution in [3.05, 3.63) is 30.6 Å². The van der Waals surface area contributed by atoms with Crippen molar-refractivity contribution in [2.24, 2.45) is 0 Å². The van der Waals surface area contributed by atoms with Crippen LogP contribution in [0.5, 0.6) is 5.75 Å². The molecule has 104 valence electrons. The van der Waals surface area contributed by atoms with Crippen LogP contribution >= 0.6 is 11.3 Å². The van der Waals surface area contributed by atoms with Crippen molar-refractivity contribution < 1.29 is 13.2 Å². The van der Waals surface area contributed by atoms with Gasteiger partial charge in [-0.25, -0.2) is 13.4 Å². The number of aromatic nitrogens is 3. The van der Waals surface area contributed by atoms with Gasteiger partial charge in [0.25, 0.3) is 10.0 Å². The number of anilines is 1. The molecule has 9 heteroatoms. The Morgan fingerprint density at radius 2 is 2.25 bits per heavy atom. The maximum Gasteiger partial charge on any atom is 0.266 e. The lowest BCUT2D eigenvalue weighted by atomic mass is 10.3. The first-order valence-corrected chi connectivity index (χ1v) is 7.84. The van der Waals surface area contributed by atoms with Gasteiger partial charge in [0.15, 0.2) is 5.13 Å². The van der Waals surface area contributed by atoms with Gasteiger partial charge in [-0.2, -0.15) is 5.10 Å². The Morgan fingerprint density at radius 1 is 1.40 bits per heavy atom. The van der Waals surface area contributed by atoms with Crippen molar-refractivity contribution in [2.75, 3.05) is 11.8 Å². The van der Waals surface area contributed by atoms with Gasteiger partial charge in [-0.15, -0.1) is 0 Å². The minimum absolute atomic E-state index is 0.0642. The van der Waals surface area contributed by atoms with Crippen LogP contribution in [0.4, 0.5) is 5.13 Å². The van der Waals surface area contributed by atoms with Gasteiger partial charge in [-0.1, -0.05) is 11.3 Å². The van der Waals surface area contributed by atoms with Crippen LogP contribution in [-0.2, 0) is 10.0 Å². The molecular weight excluding hydrogens is 300 g/mol. The number of nitrogens with one attached hydrogen (secondary N) is 2. The number of H-pyrrole nitrogens is 1. The molecule has 2 heterocycles. The van der Waals surface area contributed by atoms with Crippen molar-refractivity contribution in [2.45, 2.75) is 4.90 Å². The number of benzene rings is 1. The minimum atomic E-state index is -3.66. The van der Waals surface area contributed by atoms with E-state index in [-0.39, 0.29) is 4.90 Å². The van der Waals surface area contributed by atoms with Crippen molar-refractivity contribution in [1.29, 1.82) is 0 Å². The first-order valence-electron chi connectivity index (χ1n) is 5.55. The van der Waals surface area contributed by atoms with E-state index in [1.807, 2.05) is 6.07 Å². The summed E-state index contributed by atoms with van der Waals surface area (Å²) in [4.78, 5) is 4.29. The second-order valence-corrected chi connectivity index (χ2v) is 6.61. The molecule has 3 aromatic rings. The summed E-state index contributed by atoms with van der Waals surface area (Å²) in [6.45, 7) is 0. The molecule has 0 amide bonds. The van der Waals surface area contributed by atoms with Crippen LogP contribution < -0.4 is 9.46 Å². The van der Waals surface area contributed by atoms with Crippen molar-refractivity contribution in [3.8, 4) is 5.75 Å².